The highest BCUT2D eigenvalue weighted by molar-refractivity contribution is 6.28. The van der Waals surface area contributed by atoms with Gasteiger partial charge in [0.05, 0.1) is 11.5 Å². The maximum atomic E-state index is 11.7. The van der Waals surface area contributed by atoms with E-state index < -0.39 is 4.92 Å². The summed E-state index contributed by atoms with van der Waals surface area (Å²) in [5.74, 6) is -0.379. The molecule has 0 aliphatic carbocycles. The smallest absolute Gasteiger partial charge is 0.332 e. The average Bonchev–Trinajstić information content (AvgIpc) is 2.22. The molecule has 2 N–H and O–H groups in total. The van der Waals surface area contributed by atoms with Crippen molar-refractivity contribution < 1.29 is 9.72 Å². The second-order valence-corrected chi connectivity index (χ2v) is 5.52. The zero-order valence-electron chi connectivity index (χ0n) is 11.7. The van der Waals surface area contributed by atoms with E-state index in [2.05, 4.69) is 20.6 Å². The van der Waals surface area contributed by atoms with Crippen LogP contribution < -0.4 is 10.6 Å². The number of nitrogens with one attached hydrogen (secondary N) is 2. The van der Waals surface area contributed by atoms with Crippen LogP contribution >= 0.6 is 11.6 Å². The molecule has 0 fully saturated rings. The number of halogens is 1. The summed E-state index contributed by atoms with van der Waals surface area (Å²) >= 11 is 5.66. The van der Waals surface area contributed by atoms with Gasteiger partial charge >= 0.3 is 5.69 Å². The van der Waals surface area contributed by atoms with E-state index in [0.29, 0.717) is 0 Å². The summed E-state index contributed by atoms with van der Waals surface area (Å²) < 4.78 is 0. The van der Waals surface area contributed by atoms with Crippen LogP contribution in [0.4, 0.5) is 11.5 Å². The van der Waals surface area contributed by atoms with E-state index in [-0.39, 0.29) is 40.5 Å². The fourth-order valence-corrected chi connectivity index (χ4v) is 1.71. The molecule has 1 aromatic heterocycles. The van der Waals surface area contributed by atoms with E-state index in [1.165, 1.54) is 6.92 Å². The number of hydrogen-bond donors (Lipinski definition) is 2. The number of carbonyl (C=O) groups excluding carboxylic acids is 1. The number of aromatic nitrogens is 2. The number of nitro groups is 1. The van der Waals surface area contributed by atoms with E-state index in [1.807, 2.05) is 20.8 Å². The highest BCUT2D eigenvalue weighted by atomic mass is 35.5. The SMILES string of the molecule is Cc1nc(Cl)nc(NCC(=O)NC(C)(C)C)c1[N+](=O)[O-]. The summed E-state index contributed by atoms with van der Waals surface area (Å²) in [6.45, 7) is 6.80. The van der Waals surface area contributed by atoms with Gasteiger partial charge in [-0.2, -0.15) is 4.98 Å². The van der Waals surface area contributed by atoms with Gasteiger partial charge in [-0.1, -0.05) is 0 Å². The van der Waals surface area contributed by atoms with E-state index in [0.717, 1.165) is 0 Å². The predicted octanol–water partition coefficient (Wildman–Crippen LogP) is 1.67. The van der Waals surface area contributed by atoms with Crippen LogP contribution in [0.5, 0.6) is 0 Å². The van der Waals surface area contributed by atoms with Crippen molar-refractivity contribution in [1.82, 2.24) is 15.3 Å². The first-order chi connectivity index (χ1) is 9.10. The number of nitrogens with zero attached hydrogens (tertiary/aromatic N) is 3. The highest BCUT2D eigenvalue weighted by Gasteiger charge is 2.22. The summed E-state index contributed by atoms with van der Waals surface area (Å²) in [5, 5.41) is 16.2. The second-order valence-electron chi connectivity index (χ2n) is 5.18. The molecule has 1 amide bonds. The van der Waals surface area contributed by atoms with Crippen molar-refractivity contribution in [2.75, 3.05) is 11.9 Å². The largest absolute Gasteiger partial charge is 0.355 e. The quantitative estimate of drug-likeness (QED) is 0.497. The molecule has 0 spiro atoms. The van der Waals surface area contributed by atoms with Gasteiger partial charge in [0.25, 0.3) is 0 Å². The number of carbonyl (C=O) groups is 1. The monoisotopic (exact) mass is 301 g/mol. The Labute approximate surface area is 121 Å². The van der Waals surface area contributed by atoms with Crippen LogP contribution in [0.2, 0.25) is 5.28 Å². The van der Waals surface area contributed by atoms with E-state index in [4.69, 9.17) is 11.6 Å². The molecule has 0 radical (unpaired) electrons. The van der Waals surface area contributed by atoms with Crippen LogP contribution in [0.3, 0.4) is 0 Å². The third-order valence-corrected chi connectivity index (χ3v) is 2.31. The van der Waals surface area contributed by atoms with Gasteiger partial charge in [-0.15, -0.1) is 0 Å². The lowest BCUT2D eigenvalue weighted by Crippen LogP contribution is -2.43. The lowest BCUT2D eigenvalue weighted by atomic mass is 10.1. The molecule has 1 heterocycles. The first-order valence-corrected chi connectivity index (χ1v) is 6.21. The average molecular weight is 302 g/mol. The number of aryl methyl sites for hydroxylation is 1. The van der Waals surface area contributed by atoms with Gasteiger partial charge in [0.1, 0.15) is 5.69 Å². The second kappa shape index (κ2) is 6.00. The lowest BCUT2D eigenvalue weighted by Gasteiger charge is -2.20. The summed E-state index contributed by atoms with van der Waals surface area (Å²) in [4.78, 5) is 29.5. The normalized spacial score (nSPS) is 11.1. The number of anilines is 1. The fraction of sp³-hybridized carbons (Fsp3) is 0.545. The van der Waals surface area contributed by atoms with Crippen LogP contribution in [0, 0.1) is 17.0 Å². The van der Waals surface area contributed by atoms with Crippen molar-refractivity contribution in [3.8, 4) is 0 Å². The molecule has 0 saturated heterocycles. The van der Waals surface area contributed by atoms with Crippen molar-refractivity contribution in [3.05, 3.63) is 21.1 Å². The molecule has 0 aromatic carbocycles. The van der Waals surface area contributed by atoms with E-state index in [9.17, 15) is 14.9 Å². The van der Waals surface area contributed by atoms with Gasteiger partial charge < -0.3 is 10.6 Å². The van der Waals surface area contributed by atoms with Crippen LogP contribution in [0.15, 0.2) is 0 Å². The molecule has 0 unspecified atom stereocenters. The minimum atomic E-state index is -0.615. The van der Waals surface area contributed by atoms with Crippen molar-refractivity contribution >= 4 is 29.0 Å². The molecule has 0 bridgehead atoms. The van der Waals surface area contributed by atoms with Crippen LogP contribution in [-0.4, -0.2) is 32.9 Å². The molecule has 0 aliphatic heterocycles. The third kappa shape index (κ3) is 4.61. The van der Waals surface area contributed by atoms with Gasteiger partial charge in [-0.05, 0) is 39.3 Å². The third-order valence-electron chi connectivity index (χ3n) is 2.14. The van der Waals surface area contributed by atoms with Crippen LogP contribution in [0.25, 0.3) is 0 Å². The van der Waals surface area contributed by atoms with Crippen molar-refractivity contribution in [1.29, 1.82) is 0 Å². The lowest BCUT2D eigenvalue weighted by molar-refractivity contribution is -0.385. The first kappa shape index (κ1) is 16.1. The number of hydrogen-bond acceptors (Lipinski definition) is 6. The highest BCUT2D eigenvalue weighted by Crippen LogP contribution is 2.26. The molecule has 1 aromatic rings. The summed E-state index contributed by atoms with van der Waals surface area (Å²) in [7, 11) is 0. The molecular formula is C11H16ClN5O3. The topological polar surface area (TPSA) is 110 Å². The minimum absolute atomic E-state index is 0.0726. The zero-order chi connectivity index (χ0) is 15.5. The fourth-order valence-electron chi connectivity index (χ4n) is 1.50. The van der Waals surface area contributed by atoms with Gasteiger partial charge in [-0.25, -0.2) is 4.98 Å². The van der Waals surface area contributed by atoms with Crippen LogP contribution in [0.1, 0.15) is 26.5 Å². The molecule has 9 heteroatoms. The summed E-state index contributed by atoms with van der Waals surface area (Å²) in [5.41, 5.74) is -0.545. The minimum Gasteiger partial charge on any atom is -0.355 e. The number of amides is 1. The van der Waals surface area contributed by atoms with Crippen molar-refractivity contribution in [2.45, 2.75) is 33.2 Å². The van der Waals surface area contributed by atoms with Gasteiger partial charge in [0.15, 0.2) is 0 Å². The Morgan fingerprint density at radius 2 is 2.00 bits per heavy atom. The molecule has 0 saturated carbocycles. The maximum absolute atomic E-state index is 11.7. The Hall–Kier alpha value is -1.96. The molecular weight excluding hydrogens is 286 g/mol. The van der Waals surface area contributed by atoms with Crippen LogP contribution in [-0.2, 0) is 4.79 Å². The van der Waals surface area contributed by atoms with Crippen molar-refractivity contribution in [3.63, 3.8) is 0 Å². The summed E-state index contributed by atoms with van der Waals surface area (Å²) in [6.07, 6.45) is 0. The molecule has 110 valence electrons. The Morgan fingerprint density at radius 3 is 2.50 bits per heavy atom. The van der Waals surface area contributed by atoms with E-state index >= 15 is 0 Å². The van der Waals surface area contributed by atoms with Gasteiger partial charge in [0.2, 0.25) is 17.0 Å². The Bertz CT molecular complexity index is 542. The predicted molar refractivity (Wildman–Crippen MR) is 74.8 cm³/mol. The van der Waals surface area contributed by atoms with Crippen molar-refractivity contribution in [2.24, 2.45) is 0 Å². The molecule has 0 aliphatic rings. The Balaban J connectivity index is 2.88. The molecule has 20 heavy (non-hydrogen) atoms. The zero-order valence-corrected chi connectivity index (χ0v) is 12.4. The Kier molecular flexibility index (Phi) is 4.83. The van der Waals surface area contributed by atoms with Gasteiger partial charge in [0, 0.05) is 5.54 Å². The molecule has 1 rings (SSSR count). The van der Waals surface area contributed by atoms with E-state index in [1.54, 1.807) is 0 Å². The molecule has 0 atom stereocenters. The molecule has 8 nitrogen and oxygen atoms in total. The first-order valence-electron chi connectivity index (χ1n) is 5.83. The van der Waals surface area contributed by atoms with Gasteiger partial charge in [-0.3, -0.25) is 14.9 Å². The maximum Gasteiger partial charge on any atom is 0.332 e. The Morgan fingerprint density at radius 1 is 1.40 bits per heavy atom. The summed E-state index contributed by atoms with van der Waals surface area (Å²) in [6, 6.07) is 0. The number of rotatable bonds is 4. The standard InChI is InChI=1S/C11H16ClN5O3/c1-6-8(17(19)20)9(15-10(12)14-6)13-5-7(18)16-11(2,3)4/h5H2,1-4H3,(H,16,18)(H,13,14,15).